The number of amides is 1. The summed E-state index contributed by atoms with van der Waals surface area (Å²) in [6.07, 6.45) is 2.03. The fourth-order valence-electron chi connectivity index (χ4n) is 4.42. The van der Waals surface area contributed by atoms with Crippen molar-refractivity contribution in [3.63, 3.8) is 0 Å². The quantitative estimate of drug-likeness (QED) is 0.439. The third-order valence-corrected chi connectivity index (χ3v) is 6.11. The molecule has 34 heavy (non-hydrogen) atoms. The number of nitrogens with one attached hydrogen (secondary N) is 1. The number of methoxy groups -OCH3 is 2. The highest BCUT2D eigenvalue weighted by Crippen LogP contribution is 2.47. The standard InChI is InChI=1S/C27H33N3O4/c1-7-8-15-34-20-14-11-18(16-21(20)33-6)25-22-23(17-9-12-19(32-5)13-10-17)28-29-24(22)26(31)30(25)27(2,3)4/h9-14,16,25H,7-8,15H2,1-6H3,(H,28,29). The van der Waals surface area contributed by atoms with Crippen LogP contribution in [0.5, 0.6) is 17.2 Å². The molecule has 0 saturated carbocycles. The Bertz CT molecular complexity index is 1160. The van der Waals surface area contributed by atoms with E-state index in [9.17, 15) is 4.79 Å². The molecule has 4 rings (SSSR count). The van der Waals surface area contributed by atoms with E-state index in [4.69, 9.17) is 14.2 Å². The number of nitrogens with zero attached hydrogens (tertiary/aromatic N) is 2. The molecule has 2 aromatic carbocycles. The third kappa shape index (κ3) is 4.22. The Morgan fingerprint density at radius 1 is 1.03 bits per heavy atom. The van der Waals surface area contributed by atoms with Crippen molar-refractivity contribution in [1.82, 2.24) is 15.1 Å². The summed E-state index contributed by atoms with van der Waals surface area (Å²) in [5.41, 5.74) is 3.59. The van der Waals surface area contributed by atoms with Gasteiger partial charge < -0.3 is 19.1 Å². The van der Waals surface area contributed by atoms with Gasteiger partial charge in [-0.2, -0.15) is 5.10 Å². The number of aromatic amines is 1. The summed E-state index contributed by atoms with van der Waals surface area (Å²) >= 11 is 0. The average molecular weight is 464 g/mol. The molecule has 0 fully saturated rings. The van der Waals surface area contributed by atoms with E-state index in [1.54, 1.807) is 14.2 Å². The fourth-order valence-corrected chi connectivity index (χ4v) is 4.42. The number of H-pyrrole nitrogens is 1. The molecular formula is C27H33N3O4. The summed E-state index contributed by atoms with van der Waals surface area (Å²) < 4.78 is 16.9. The molecule has 7 nitrogen and oxygen atoms in total. The van der Waals surface area contributed by atoms with Crippen molar-refractivity contribution in [2.24, 2.45) is 0 Å². The van der Waals surface area contributed by atoms with E-state index in [0.29, 0.717) is 23.8 Å². The summed E-state index contributed by atoms with van der Waals surface area (Å²) in [5, 5.41) is 7.56. The number of rotatable bonds is 8. The zero-order chi connectivity index (χ0) is 24.5. The Kier molecular flexibility index (Phi) is 6.55. The van der Waals surface area contributed by atoms with Crippen LogP contribution in [0.3, 0.4) is 0 Å². The first-order chi connectivity index (χ1) is 16.3. The van der Waals surface area contributed by atoms with Gasteiger partial charge in [0.15, 0.2) is 11.5 Å². The number of hydrogen-bond donors (Lipinski definition) is 1. The maximum absolute atomic E-state index is 13.5. The topological polar surface area (TPSA) is 76.7 Å². The molecule has 1 unspecified atom stereocenters. The smallest absolute Gasteiger partial charge is 0.273 e. The van der Waals surface area contributed by atoms with Crippen LogP contribution >= 0.6 is 0 Å². The highest BCUT2D eigenvalue weighted by molar-refractivity contribution is 6.00. The number of carbonyl (C=O) groups excluding carboxylic acids is 1. The van der Waals surface area contributed by atoms with Gasteiger partial charge in [-0.1, -0.05) is 19.4 Å². The van der Waals surface area contributed by atoms with E-state index in [-0.39, 0.29) is 11.9 Å². The monoisotopic (exact) mass is 463 g/mol. The number of unbranched alkanes of at least 4 members (excludes halogenated alkanes) is 1. The number of carbonyl (C=O) groups is 1. The Morgan fingerprint density at radius 3 is 2.38 bits per heavy atom. The molecule has 1 aliphatic rings. The van der Waals surface area contributed by atoms with Crippen LogP contribution in [0.2, 0.25) is 0 Å². The minimum atomic E-state index is -0.414. The van der Waals surface area contributed by atoms with Crippen molar-refractivity contribution < 1.29 is 19.0 Å². The van der Waals surface area contributed by atoms with Gasteiger partial charge in [0.25, 0.3) is 5.91 Å². The Morgan fingerprint density at radius 2 is 1.76 bits per heavy atom. The molecule has 0 bridgehead atoms. The molecule has 0 aliphatic carbocycles. The van der Waals surface area contributed by atoms with Gasteiger partial charge in [-0.3, -0.25) is 9.89 Å². The van der Waals surface area contributed by atoms with Crippen LogP contribution in [-0.4, -0.2) is 47.4 Å². The molecule has 1 N–H and O–H groups in total. The van der Waals surface area contributed by atoms with Crippen molar-refractivity contribution in [3.05, 3.63) is 59.3 Å². The lowest BCUT2D eigenvalue weighted by Gasteiger charge is -2.38. The van der Waals surface area contributed by atoms with Crippen molar-refractivity contribution >= 4 is 5.91 Å². The minimum Gasteiger partial charge on any atom is -0.497 e. The van der Waals surface area contributed by atoms with Gasteiger partial charge in [-0.15, -0.1) is 0 Å². The molecule has 7 heteroatoms. The van der Waals surface area contributed by atoms with Crippen molar-refractivity contribution in [2.75, 3.05) is 20.8 Å². The van der Waals surface area contributed by atoms with Crippen molar-refractivity contribution in [1.29, 1.82) is 0 Å². The second-order valence-corrected chi connectivity index (χ2v) is 9.45. The van der Waals surface area contributed by atoms with Gasteiger partial charge in [0.1, 0.15) is 11.4 Å². The number of ether oxygens (including phenoxy) is 3. The number of aromatic nitrogens is 2. The van der Waals surface area contributed by atoms with E-state index in [2.05, 4.69) is 17.1 Å². The second kappa shape index (κ2) is 9.41. The van der Waals surface area contributed by atoms with E-state index in [1.165, 1.54) is 0 Å². The minimum absolute atomic E-state index is 0.0676. The molecule has 0 spiro atoms. The molecule has 0 radical (unpaired) electrons. The molecule has 0 saturated heterocycles. The summed E-state index contributed by atoms with van der Waals surface area (Å²) in [6, 6.07) is 13.3. The fraction of sp³-hybridized carbons (Fsp3) is 0.407. The van der Waals surface area contributed by atoms with Gasteiger partial charge >= 0.3 is 0 Å². The van der Waals surface area contributed by atoms with E-state index in [0.717, 1.165) is 41.0 Å². The van der Waals surface area contributed by atoms with Crippen LogP contribution in [-0.2, 0) is 0 Å². The third-order valence-electron chi connectivity index (χ3n) is 6.11. The highest BCUT2D eigenvalue weighted by Gasteiger charge is 2.46. The zero-order valence-electron chi connectivity index (χ0n) is 20.8. The first-order valence-corrected chi connectivity index (χ1v) is 11.7. The number of benzene rings is 2. The summed E-state index contributed by atoms with van der Waals surface area (Å²) in [6.45, 7) is 8.90. The SMILES string of the molecule is CCCCOc1ccc(C2c3c(-c4ccc(OC)cc4)n[nH]c3C(=O)N2C(C)(C)C)cc1OC. The van der Waals surface area contributed by atoms with Crippen LogP contribution < -0.4 is 14.2 Å². The highest BCUT2D eigenvalue weighted by atomic mass is 16.5. The van der Waals surface area contributed by atoms with E-state index < -0.39 is 5.54 Å². The largest absolute Gasteiger partial charge is 0.497 e. The van der Waals surface area contributed by atoms with Gasteiger partial charge in [0, 0.05) is 16.7 Å². The van der Waals surface area contributed by atoms with E-state index in [1.807, 2.05) is 68.1 Å². The van der Waals surface area contributed by atoms with Crippen LogP contribution in [0, 0.1) is 0 Å². The number of hydrogen-bond acceptors (Lipinski definition) is 5. The maximum Gasteiger partial charge on any atom is 0.273 e. The van der Waals surface area contributed by atoms with Crippen LogP contribution in [0.1, 0.15) is 68.2 Å². The molecular weight excluding hydrogens is 430 g/mol. The van der Waals surface area contributed by atoms with Crippen molar-refractivity contribution in [2.45, 2.75) is 52.1 Å². The lowest BCUT2D eigenvalue weighted by atomic mass is 9.93. The molecule has 180 valence electrons. The van der Waals surface area contributed by atoms with Crippen LogP contribution in [0.15, 0.2) is 42.5 Å². The normalized spacial score (nSPS) is 15.4. The van der Waals surface area contributed by atoms with Crippen LogP contribution in [0.4, 0.5) is 0 Å². The molecule has 3 aromatic rings. The Balaban J connectivity index is 1.82. The molecule has 1 aromatic heterocycles. The van der Waals surface area contributed by atoms with Gasteiger partial charge in [-0.25, -0.2) is 0 Å². The molecule has 1 aliphatic heterocycles. The predicted octanol–water partition coefficient (Wildman–Crippen LogP) is 5.62. The van der Waals surface area contributed by atoms with Crippen LogP contribution in [0.25, 0.3) is 11.3 Å². The summed E-state index contributed by atoms with van der Waals surface area (Å²) in [5.74, 6) is 2.05. The molecule has 1 amide bonds. The summed E-state index contributed by atoms with van der Waals surface area (Å²) in [4.78, 5) is 15.5. The number of fused-ring (bicyclic) bond motifs is 1. The first kappa shape index (κ1) is 23.7. The van der Waals surface area contributed by atoms with Gasteiger partial charge in [0.05, 0.1) is 32.6 Å². The van der Waals surface area contributed by atoms with Gasteiger partial charge in [-0.05, 0) is 69.2 Å². The van der Waals surface area contributed by atoms with Gasteiger partial charge in [0.2, 0.25) is 0 Å². The summed E-state index contributed by atoms with van der Waals surface area (Å²) in [7, 11) is 3.28. The lowest BCUT2D eigenvalue weighted by Crippen LogP contribution is -2.44. The maximum atomic E-state index is 13.5. The lowest BCUT2D eigenvalue weighted by molar-refractivity contribution is 0.0545. The molecule has 1 atom stereocenters. The predicted molar refractivity (Wildman–Crippen MR) is 132 cm³/mol. The Hall–Kier alpha value is -3.48. The first-order valence-electron chi connectivity index (χ1n) is 11.7. The second-order valence-electron chi connectivity index (χ2n) is 9.45. The molecule has 2 heterocycles. The Labute approximate surface area is 201 Å². The zero-order valence-corrected chi connectivity index (χ0v) is 20.8. The van der Waals surface area contributed by atoms with Crippen molar-refractivity contribution in [3.8, 4) is 28.5 Å². The van der Waals surface area contributed by atoms with E-state index >= 15 is 0 Å². The average Bonchev–Trinajstić information content (AvgIpc) is 3.38.